The molecule has 0 amide bonds. The van der Waals surface area contributed by atoms with Gasteiger partial charge in [-0.05, 0) is 49.1 Å². The van der Waals surface area contributed by atoms with Crippen molar-refractivity contribution in [2.24, 2.45) is 11.8 Å². The van der Waals surface area contributed by atoms with Gasteiger partial charge in [0.25, 0.3) is 5.56 Å². The molecular formula is C17H16F4N2O. The lowest BCUT2D eigenvalue weighted by Gasteiger charge is -2.22. The molecule has 2 atom stereocenters. The second-order valence-electron chi connectivity index (χ2n) is 6.08. The molecule has 0 saturated heterocycles. The van der Waals surface area contributed by atoms with Crippen molar-refractivity contribution in [3.8, 4) is 11.3 Å². The van der Waals surface area contributed by atoms with Crippen LogP contribution >= 0.6 is 0 Å². The molecule has 0 aliphatic heterocycles. The van der Waals surface area contributed by atoms with Crippen LogP contribution in [0.2, 0.25) is 0 Å². The van der Waals surface area contributed by atoms with E-state index >= 15 is 0 Å². The summed E-state index contributed by atoms with van der Waals surface area (Å²) in [4.78, 5) is 12.0. The summed E-state index contributed by atoms with van der Waals surface area (Å²) in [6, 6.07) is 8.33. The van der Waals surface area contributed by atoms with Crippen molar-refractivity contribution in [2.45, 2.75) is 32.0 Å². The van der Waals surface area contributed by atoms with E-state index in [2.05, 4.69) is 5.10 Å². The minimum absolute atomic E-state index is 0.0575. The first kappa shape index (κ1) is 16.7. The van der Waals surface area contributed by atoms with Crippen LogP contribution in [0.3, 0.4) is 0 Å². The Balaban J connectivity index is 1.87. The van der Waals surface area contributed by atoms with Gasteiger partial charge >= 0.3 is 6.18 Å². The Labute approximate surface area is 135 Å². The Morgan fingerprint density at radius 2 is 1.79 bits per heavy atom. The van der Waals surface area contributed by atoms with E-state index < -0.39 is 29.4 Å². The molecule has 1 aromatic heterocycles. The smallest absolute Gasteiger partial charge is 0.268 e. The average Bonchev–Trinajstić information content (AvgIpc) is 2.99. The maximum absolute atomic E-state index is 13.1. The fourth-order valence-corrected chi connectivity index (χ4v) is 3.26. The molecule has 3 rings (SSSR count). The van der Waals surface area contributed by atoms with Crippen molar-refractivity contribution in [3.63, 3.8) is 0 Å². The van der Waals surface area contributed by atoms with Crippen LogP contribution in [0.4, 0.5) is 17.6 Å². The molecule has 0 radical (unpaired) electrons. The Morgan fingerprint density at radius 1 is 1.08 bits per heavy atom. The number of halogens is 4. The largest absolute Gasteiger partial charge is 0.392 e. The number of aromatic nitrogens is 2. The molecule has 128 valence electrons. The Bertz CT molecular complexity index is 767. The Kier molecular flexibility index (Phi) is 4.43. The lowest BCUT2D eigenvalue weighted by Crippen LogP contribution is -2.33. The highest BCUT2D eigenvalue weighted by molar-refractivity contribution is 5.57. The third-order valence-electron chi connectivity index (χ3n) is 4.49. The minimum Gasteiger partial charge on any atom is -0.268 e. The van der Waals surface area contributed by atoms with Gasteiger partial charge in [0.05, 0.1) is 11.6 Å². The predicted octanol–water partition coefficient (Wildman–Crippen LogP) is 4.03. The van der Waals surface area contributed by atoms with E-state index in [4.69, 9.17) is 0 Å². The monoisotopic (exact) mass is 340 g/mol. The SMILES string of the molecule is O=c1ccc(-c2ccc(F)cc2)nn1CC1CCCC1C(F)(F)F. The van der Waals surface area contributed by atoms with Crippen LogP contribution in [0.15, 0.2) is 41.2 Å². The van der Waals surface area contributed by atoms with Crippen LogP contribution in [0, 0.1) is 17.7 Å². The topological polar surface area (TPSA) is 34.9 Å². The highest BCUT2D eigenvalue weighted by Crippen LogP contribution is 2.43. The summed E-state index contributed by atoms with van der Waals surface area (Å²) < 4.78 is 53.2. The van der Waals surface area contributed by atoms with Crippen molar-refractivity contribution in [1.82, 2.24) is 9.78 Å². The van der Waals surface area contributed by atoms with Crippen LogP contribution in [0.25, 0.3) is 11.3 Å². The number of hydrogen-bond donors (Lipinski definition) is 0. The summed E-state index contributed by atoms with van der Waals surface area (Å²) in [5, 5.41) is 4.17. The van der Waals surface area contributed by atoms with E-state index in [0.717, 1.165) is 4.68 Å². The lowest BCUT2D eigenvalue weighted by atomic mass is 9.95. The number of rotatable bonds is 3. The molecule has 1 aromatic carbocycles. The Morgan fingerprint density at radius 3 is 2.46 bits per heavy atom. The summed E-state index contributed by atoms with van der Waals surface area (Å²) in [7, 11) is 0. The van der Waals surface area contributed by atoms with Gasteiger partial charge in [-0.2, -0.15) is 18.3 Å². The van der Waals surface area contributed by atoms with E-state index in [1.54, 1.807) is 0 Å². The molecule has 0 N–H and O–H groups in total. The van der Waals surface area contributed by atoms with E-state index in [9.17, 15) is 22.4 Å². The zero-order chi connectivity index (χ0) is 17.3. The van der Waals surface area contributed by atoms with E-state index in [0.29, 0.717) is 24.1 Å². The molecule has 7 heteroatoms. The van der Waals surface area contributed by atoms with Gasteiger partial charge in [-0.3, -0.25) is 4.79 Å². The van der Waals surface area contributed by atoms with E-state index in [1.807, 2.05) is 0 Å². The van der Waals surface area contributed by atoms with Gasteiger partial charge in [-0.1, -0.05) is 6.42 Å². The zero-order valence-corrected chi connectivity index (χ0v) is 12.8. The van der Waals surface area contributed by atoms with Gasteiger partial charge in [0.2, 0.25) is 0 Å². The highest BCUT2D eigenvalue weighted by Gasteiger charge is 2.47. The molecule has 0 spiro atoms. The van der Waals surface area contributed by atoms with Gasteiger partial charge < -0.3 is 0 Å². The van der Waals surface area contributed by atoms with Crippen molar-refractivity contribution in [2.75, 3.05) is 0 Å². The first-order chi connectivity index (χ1) is 11.3. The molecule has 3 nitrogen and oxygen atoms in total. The number of hydrogen-bond acceptors (Lipinski definition) is 2. The summed E-state index contributed by atoms with van der Waals surface area (Å²) in [6.45, 7) is -0.0575. The second kappa shape index (κ2) is 6.37. The number of benzene rings is 1. The summed E-state index contributed by atoms with van der Waals surface area (Å²) >= 11 is 0. The molecular weight excluding hydrogens is 324 g/mol. The summed E-state index contributed by atoms with van der Waals surface area (Å²) in [5.74, 6) is -2.43. The predicted molar refractivity (Wildman–Crippen MR) is 80.8 cm³/mol. The van der Waals surface area contributed by atoms with Crippen molar-refractivity contribution < 1.29 is 17.6 Å². The minimum atomic E-state index is -4.25. The lowest BCUT2D eigenvalue weighted by molar-refractivity contribution is -0.184. The van der Waals surface area contributed by atoms with E-state index in [-0.39, 0.29) is 13.0 Å². The van der Waals surface area contributed by atoms with Gasteiger partial charge in [0.1, 0.15) is 5.82 Å². The molecule has 0 bridgehead atoms. The van der Waals surface area contributed by atoms with Crippen LogP contribution in [0.1, 0.15) is 19.3 Å². The van der Waals surface area contributed by atoms with Crippen LogP contribution < -0.4 is 5.56 Å². The summed E-state index contributed by atoms with van der Waals surface area (Å²) in [6.07, 6.45) is -3.22. The average molecular weight is 340 g/mol. The molecule has 1 aliphatic rings. The number of alkyl halides is 3. The van der Waals surface area contributed by atoms with Gasteiger partial charge in [0.15, 0.2) is 0 Å². The van der Waals surface area contributed by atoms with Gasteiger partial charge in [-0.15, -0.1) is 0 Å². The molecule has 24 heavy (non-hydrogen) atoms. The third kappa shape index (κ3) is 3.49. The normalized spacial score (nSPS) is 21.2. The first-order valence-corrected chi connectivity index (χ1v) is 7.75. The standard InChI is InChI=1S/C17H16F4N2O/c18-13-6-4-11(5-7-13)15-8-9-16(24)23(22-15)10-12-2-1-3-14(12)17(19,20)21/h4-9,12,14H,1-3,10H2. The Hall–Kier alpha value is -2.18. The van der Waals surface area contributed by atoms with Crippen LogP contribution in [-0.4, -0.2) is 16.0 Å². The zero-order valence-electron chi connectivity index (χ0n) is 12.8. The quantitative estimate of drug-likeness (QED) is 0.791. The van der Waals surface area contributed by atoms with Crippen molar-refractivity contribution in [3.05, 3.63) is 52.6 Å². The molecule has 1 heterocycles. The van der Waals surface area contributed by atoms with Gasteiger partial charge in [-0.25, -0.2) is 9.07 Å². The van der Waals surface area contributed by atoms with Crippen molar-refractivity contribution >= 4 is 0 Å². The van der Waals surface area contributed by atoms with Crippen LogP contribution in [-0.2, 0) is 6.54 Å². The molecule has 2 unspecified atom stereocenters. The molecule has 1 fully saturated rings. The fraction of sp³-hybridized carbons (Fsp3) is 0.412. The van der Waals surface area contributed by atoms with Gasteiger partial charge in [0, 0.05) is 18.2 Å². The molecule has 1 saturated carbocycles. The van der Waals surface area contributed by atoms with E-state index in [1.165, 1.54) is 36.4 Å². The summed E-state index contributed by atoms with van der Waals surface area (Å²) in [5.41, 5.74) is 0.591. The maximum atomic E-state index is 13.1. The maximum Gasteiger partial charge on any atom is 0.392 e. The second-order valence-corrected chi connectivity index (χ2v) is 6.08. The number of nitrogens with zero attached hydrogens (tertiary/aromatic N) is 2. The van der Waals surface area contributed by atoms with Crippen molar-refractivity contribution in [1.29, 1.82) is 0 Å². The van der Waals surface area contributed by atoms with Crippen LogP contribution in [0.5, 0.6) is 0 Å². The highest BCUT2D eigenvalue weighted by atomic mass is 19.4. The first-order valence-electron chi connectivity index (χ1n) is 7.75. The molecule has 2 aromatic rings. The third-order valence-corrected chi connectivity index (χ3v) is 4.49. The fourth-order valence-electron chi connectivity index (χ4n) is 3.26. The molecule has 1 aliphatic carbocycles.